The lowest BCUT2D eigenvalue weighted by Crippen LogP contribution is -2.12. The maximum atomic E-state index is 5.30. The van der Waals surface area contributed by atoms with Gasteiger partial charge in [-0.05, 0) is 28.1 Å². The number of ether oxygens (including phenoxy) is 2. The lowest BCUT2D eigenvalue weighted by atomic mass is 10.4. The Bertz CT molecular complexity index is 284. The standard InChI is InChI=1S/C10H15BrN2O2/c1-14-7-8-15-6-5-12-10-4-2-3-9(11)13-10/h2-4H,5-8H2,1H3,(H,12,13). The molecule has 0 aliphatic rings. The van der Waals surface area contributed by atoms with Gasteiger partial charge in [-0.3, -0.25) is 0 Å². The van der Waals surface area contributed by atoms with Gasteiger partial charge in [-0.1, -0.05) is 6.07 Å². The summed E-state index contributed by atoms with van der Waals surface area (Å²) >= 11 is 3.31. The fourth-order valence-corrected chi connectivity index (χ4v) is 1.35. The number of methoxy groups -OCH3 is 1. The predicted molar refractivity (Wildman–Crippen MR) is 63.1 cm³/mol. The zero-order valence-corrected chi connectivity index (χ0v) is 10.3. The molecule has 0 aliphatic carbocycles. The molecule has 0 aromatic carbocycles. The maximum Gasteiger partial charge on any atom is 0.127 e. The van der Waals surface area contributed by atoms with Crippen LogP contribution in [0.15, 0.2) is 22.8 Å². The van der Waals surface area contributed by atoms with E-state index in [2.05, 4.69) is 26.2 Å². The Morgan fingerprint density at radius 2 is 2.20 bits per heavy atom. The van der Waals surface area contributed by atoms with Gasteiger partial charge in [0, 0.05) is 13.7 Å². The first kappa shape index (κ1) is 12.4. The van der Waals surface area contributed by atoms with Crippen molar-refractivity contribution < 1.29 is 9.47 Å². The van der Waals surface area contributed by atoms with E-state index in [1.165, 1.54) is 0 Å². The monoisotopic (exact) mass is 274 g/mol. The third-order valence-electron chi connectivity index (χ3n) is 1.70. The third kappa shape index (κ3) is 5.71. The first-order chi connectivity index (χ1) is 7.33. The van der Waals surface area contributed by atoms with Crippen LogP contribution in [0, 0.1) is 0 Å². The van der Waals surface area contributed by atoms with Crippen molar-refractivity contribution in [3.8, 4) is 0 Å². The van der Waals surface area contributed by atoms with Crippen molar-refractivity contribution >= 4 is 21.7 Å². The van der Waals surface area contributed by atoms with E-state index in [0.29, 0.717) is 19.8 Å². The van der Waals surface area contributed by atoms with E-state index in [9.17, 15) is 0 Å². The number of rotatable bonds is 7. The van der Waals surface area contributed by atoms with Crippen LogP contribution in [0.3, 0.4) is 0 Å². The lowest BCUT2D eigenvalue weighted by molar-refractivity contribution is 0.0759. The van der Waals surface area contributed by atoms with Gasteiger partial charge in [0.1, 0.15) is 10.4 Å². The lowest BCUT2D eigenvalue weighted by Gasteiger charge is -2.06. The number of pyridine rings is 1. The summed E-state index contributed by atoms with van der Waals surface area (Å²) in [4.78, 5) is 4.23. The van der Waals surface area contributed by atoms with Crippen LogP contribution in [-0.2, 0) is 9.47 Å². The number of halogens is 1. The third-order valence-corrected chi connectivity index (χ3v) is 2.14. The van der Waals surface area contributed by atoms with Gasteiger partial charge in [-0.2, -0.15) is 0 Å². The van der Waals surface area contributed by atoms with Crippen LogP contribution in [0.5, 0.6) is 0 Å². The minimum absolute atomic E-state index is 0.629. The molecule has 0 radical (unpaired) electrons. The number of nitrogens with one attached hydrogen (secondary N) is 1. The molecule has 84 valence electrons. The van der Waals surface area contributed by atoms with Crippen molar-refractivity contribution in [3.63, 3.8) is 0 Å². The summed E-state index contributed by atoms with van der Waals surface area (Å²) < 4.78 is 11.0. The Labute approximate surface area is 98.1 Å². The predicted octanol–water partition coefficient (Wildman–Crippen LogP) is 1.92. The number of hydrogen-bond donors (Lipinski definition) is 1. The van der Waals surface area contributed by atoms with Crippen molar-refractivity contribution in [2.45, 2.75) is 0 Å². The molecule has 0 saturated heterocycles. The molecule has 0 amide bonds. The van der Waals surface area contributed by atoms with E-state index in [1.54, 1.807) is 7.11 Å². The Morgan fingerprint density at radius 1 is 1.33 bits per heavy atom. The highest BCUT2D eigenvalue weighted by Gasteiger charge is 1.93. The van der Waals surface area contributed by atoms with Crippen LogP contribution in [0.4, 0.5) is 5.82 Å². The largest absolute Gasteiger partial charge is 0.382 e. The van der Waals surface area contributed by atoms with Gasteiger partial charge < -0.3 is 14.8 Å². The van der Waals surface area contributed by atoms with Crippen molar-refractivity contribution in [1.82, 2.24) is 4.98 Å². The molecule has 15 heavy (non-hydrogen) atoms. The number of hydrogen-bond acceptors (Lipinski definition) is 4. The number of anilines is 1. The summed E-state index contributed by atoms with van der Waals surface area (Å²) in [7, 11) is 1.66. The van der Waals surface area contributed by atoms with Crippen molar-refractivity contribution in [1.29, 1.82) is 0 Å². The van der Waals surface area contributed by atoms with Crippen LogP contribution in [0.2, 0.25) is 0 Å². The number of aromatic nitrogens is 1. The Morgan fingerprint density at radius 3 is 2.93 bits per heavy atom. The Balaban J connectivity index is 2.10. The molecule has 5 heteroatoms. The van der Waals surface area contributed by atoms with Gasteiger partial charge in [0.25, 0.3) is 0 Å². The summed E-state index contributed by atoms with van der Waals surface area (Å²) in [6, 6.07) is 5.74. The highest BCUT2D eigenvalue weighted by Crippen LogP contribution is 2.09. The van der Waals surface area contributed by atoms with Crippen molar-refractivity contribution in [2.75, 3.05) is 38.8 Å². The normalized spacial score (nSPS) is 10.3. The molecule has 0 aliphatic heterocycles. The van der Waals surface area contributed by atoms with Crippen LogP contribution >= 0.6 is 15.9 Å². The quantitative estimate of drug-likeness (QED) is 0.610. The Hall–Kier alpha value is -0.650. The average Bonchev–Trinajstić information content (AvgIpc) is 2.23. The van der Waals surface area contributed by atoms with Gasteiger partial charge in [-0.25, -0.2) is 4.98 Å². The SMILES string of the molecule is COCCOCCNc1cccc(Br)n1. The van der Waals surface area contributed by atoms with E-state index in [4.69, 9.17) is 9.47 Å². The topological polar surface area (TPSA) is 43.4 Å². The second-order valence-electron chi connectivity index (χ2n) is 2.88. The van der Waals surface area contributed by atoms with Crippen LogP contribution in [-0.4, -0.2) is 38.5 Å². The summed E-state index contributed by atoms with van der Waals surface area (Å²) in [5.74, 6) is 0.847. The molecular weight excluding hydrogens is 260 g/mol. The average molecular weight is 275 g/mol. The fraction of sp³-hybridized carbons (Fsp3) is 0.500. The van der Waals surface area contributed by atoms with Crippen LogP contribution < -0.4 is 5.32 Å². The Kier molecular flexibility index (Phi) is 6.31. The van der Waals surface area contributed by atoms with Gasteiger partial charge in [0.15, 0.2) is 0 Å². The first-order valence-electron chi connectivity index (χ1n) is 4.76. The highest BCUT2D eigenvalue weighted by atomic mass is 79.9. The second-order valence-corrected chi connectivity index (χ2v) is 3.69. The molecule has 0 bridgehead atoms. The minimum atomic E-state index is 0.629. The van der Waals surface area contributed by atoms with Crippen molar-refractivity contribution in [3.05, 3.63) is 22.8 Å². The fourth-order valence-electron chi connectivity index (χ4n) is 1.00. The van der Waals surface area contributed by atoms with Gasteiger partial charge in [-0.15, -0.1) is 0 Å². The minimum Gasteiger partial charge on any atom is -0.382 e. The van der Waals surface area contributed by atoms with Gasteiger partial charge in [0.2, 0.25) is 0 Å². The number of nitrogens with zero attached hydrogens (tertiary/aromatic N) is 1. The zero-order valence-electron chi connectivity index (χ0n) is 8.70. The summed E-state index contributed by atoms with van der Waals surface area (Å²) in [6.07, 6.45) is 0. The van der Waals surface area contributed by atoms with Crippen LogP contribution in [0.1, 0.15) is 0 Å². The van der Waals surface area contributed by atoms with E-state index < -0.39 is 0 Å². The molecule has 0 unspecified atom stereocenters. The molecule has 1 rings (SSSR count). The summed E-state index contributed by atoms with van der Waals surface area (Å²) in [5, 5.41) is 3.16. The molecular formula is C10H15BrN2O2. The van der Waals surface area contributed by atoms with Crippen molar-refractivity contribution in [2.24, 2.45) is 0 Å². The molecule has 1 N–H and O–H groups in total. The zero-order chi connectivity index (χ0) is 10.9. The van der Waals surface area contributed by atoms with E-state index in [0.717, 1.165) is 17.0 Å². The summed E-state index contributed by atoms with van der Waals surface area (Å²) in [5.41, 5.74) is 0. The second kappa shape index (κ2) is 7.62. The maximum absolute atomic E-state index is 5.30. The highest BCUT2D eigenvalue weighted by molar-refractivity contribution is 9.10. The molecule has 4 nitrogen and oxygen atoms in total. The van der Waals surface area contributed by atoms with Gasteiger partial charge >= 0.3 is 0 Å². The molecule has 0 spiro atoms. The van der Waals surface area contributed by atoms with Gasteiger partial charge in [0.05, 0.1) is 19.8 Å². The molecule has 0 fully saturated rings. The molecule has 0 saturated carbocycles. The first-order valence-corrected chi connectivity index (χ1v) is 5.55. The van der Waals surface area contributed by atoms with E-state index in [1.807, 2.05) is 18.2 Å². The van der Waals surface area contributed by atoms with E-state index >= 15 is 0 Å². The molecule has 1 heterocycles. The molecule has 0 atom stereocenters. The molecule has 1 aromatic rings. The summed E-state index contributed by atoms with van der Waals surface area (Å²) in [6.45, 7) is 2.66. The molecule has 1 aromatic heterocycles. The van der Waals surface area contributed by atoms with Crippen LogP contribution in [0.25, 0.3) is 0 Å². The van der Waals surface area contributed by atoms with E-state index in [-0.39, 0.29) is 0 Å². The smallest absolute Gasteiger partial charge is 0.127 e.